The van der Waals surface area contributed by atoms with Crippen molar-refractivity contribution in [3.8, 4) is 17.4 Å². The molecule has 0 aliphatic heterocycles. The van der Waals surface area contributed by atoms with E-state index in [9.17, 15) is 4.79 Å². The first kappa shape index (κ1) is 17.2. The maximum atomic E-state index is 12.8. The third-order valence-corrected chi connectivity index (χ3v) is 3.64. The first-order chi connectivity index (χ1) is 11.8. The van der Waals surface area contributed by atoms with E-state index in [1.807, 2.05) is 20.8 Å². The second-order valence-corrected chi connectivity index (χ2v) is 6.91. The Kier molecular flexibility index (Phi) is 4.39. The number of nitrogens with zero attached hydrogens (tertiary/aromatic N) is 3. The van der Waals surface area contributed by atoms with E-state index in [1.165, 1.54) is 11.7 Å². The Balaban J connectivity index is 2.22. The molecule has 3 rings (SSSR count). The number of hydrogen-bond acceptors (Lipinski definition) is 5. The van der Waals surface area contributed by atoms with Crippen molar-refractivity contribution >= 4 is 28.6 Å². The van der Waals surface area contributed by atoms with Crippen molar-refractivity contribution in [3.05, 3.63) is 41.6 Å². The maximum Gasteiger partial charge on any atom is 0.419 e. The fourth-order valence-electron chi connectivity index (χ4n) is 2.43. The van der Waals surface area contributed by atoms with Gasteiger partial charge in [0.1, 0.15) is 5.60 Å². The quantitative estimate of drug-likeness (QED) is 0.671. The second-order valence-electron chi connectivity index (χ2n) is 6.47. The van der Waals surface area contributed by atoms with E-state index in [4.69, 9.17) is 21.1 Å². The fraction of sp³-hybridized carbons (Fsp3) is 0.278. The van der Waals surface area contributed by atoms with Gasteiger partial charge in [-0.2, -0.15) is 4.98 Å². The van der Waals surface area contributed by atoms with E-state index in [2.05, 4.69) is 9.97 Å². The third-order valence-electron chi connectivity index (χ3n) is 3.41. The van der Waals surface area contributed by atoms with Crippen molar-refractivity contribution in [1.29, 1.82) is 0 Å². The monoisotopic (exact) mass is 359 g/mol. The standard InChI is InChI=1S/C18H18ClN3O3/c1-18(2,3)25-17(23)22-13-6-5-12(19)9-11(13)10-14(22)16-20-8-7-15(21-16)24-4/h5-10H,1-4H3. The Morgan fingerprint density at radius 1 is 1.20 bits per heavy atom. The molecule has 2 aromatic heterocycles. The van der Waals surface area contributed by atoms with Crippen LogP contribution in [-0.4, -0.2) is 33.3 Å². The minimum atomic E-state index is -0.632. The molecular formula is C18H18ClN3O3. The molecule has 1 aromatic carbocycles. The molecule has 0 fully saturated rings. The number of hydrogen-bond donors (Lipinski definition) is 0. The first-order valence-corrected chi connectivity index (χ1v) is 8.08. The lowest BCUT2D eigenvalue weighted by Gasteiger charge is -2.20. The molecule has 0 saturated carbocycles. The van der Waals surface area contributed by atoms with Crippen LogP contribution in [0.25, 0.3) is 22.4 Å². The predicted molar refractivity (Wildman–Crippen MR) is 96.2 cm³/mol. The van der Waals surface area contributed by atoms with Gasteiger partial charge in [-0.25, -0.2) is 14.3 Å². The van der Waals surface area contributed by atoms with E-state index in [0.29, 0.717) is 27.9 Å². The molecule has 7 heteroatoms. The number of carbonyl (C=O) groups excluding carboxylic acids is 1. The fourth-order valence-corrected chi connectivity index (χ4v) is 2.61. The summed E-state index contributed by atoms with van der Waals surface area (Å²) >= 11 is 6.08. The number of methoxy groups -OCH3 is 1. The zero-order valence-electron chi connectivity index (χ0n) is 14.4. The SMILES string of the molecule is COc1ccnc(-c2cc3cc(Cl)ccc3n2C(=O)OC(C)(C)C)n1. The molecule has 130 valence electrons. The average Bonchev–Trinajstić information content (AvgIpc) is 2.92. The van der Waals surface area contributed by atoms with Gasteiger partial charge >= 0.3 is 6.09 Å². The van der Waals surface area contributed by atoms with Crippen LogP contribution in [0.15, 0.2) is 36.5 Å². The van der Waals surface area contributed by atoms with Crippen LogP contribution in [0.2, 0.25) is 5.02 Å². The summed E-state index contributed by atoms with van der Waals surface area (Å²) in [6.07, 6.45) is 1.07. The van der Waals surface area contributed by atoms with E-state index in [-0.39, 0.29) is 0 Å². The van der Waals surface area contributed by atoms with Crippen molar-refractivity contribution in [2.75, 3.05) is 7.11 Å². The Morgan fingerprint density at radius 3 is 2.64 bits per heavy atom. The highest BCUT2D eigenvalue weighted by Gasteiger charge is 2.24. The number of benzene rings is 1. The van der Waals surface area contributed by atoms with Crippen LogP contribution in [0.1, 0.15) is 20.8 Å². The molecule has 0 N–H and O–H groups in total. The smallest absolute Gasteiger partial charge is 0.419 e. The van der Waals surface area contributed by atoms with Crippen LogP contribution in [-0.2, 0) is 4.74 Å². The van der Waals surface area contributed by atoms with E-state index in [0.717, 1.165) is 5.39 Å². The summed E-state index contributed by atoms with van der Waals surface area (Å²) in [6.45, 7) is 5.44. The summed E-state index contributed by atoms with van der Waals surface area (Å²) in [4.78, 5) is 21.4. The van der Waals surface area contributed by atoms with Crippen LogP contribution in [0.4, 0.5) is 4.79 Å². The van der Waals surface area contributed by atoms with Gasteiger partial charge in [0.15, 0.2) is 5.82 Å². The van der Waals surface area contributed by atoms with Crippen LogP contribution in [0, 0.1) is 0 Å². The zero-order chi connectivity index (χ0) is 18.2. The number of rotatable bonds is 2. The topological polar surface area (TPSA) is 66.2 Å². The average molecular weight is 360 g/mol. The van der Waals surface area contributed by atoms with Gasteiger partial charge in [-0.3, -0.25) is 0 Å². The lowest BCUT2D eigenvalue weighted by Crippen LogP contribution is -2.27. The Bertz CT molecular complexity index is 944. The minimum Gasteiger partial charge on any atom is -0.481 e. The number of ether oxygens (including phenoxy) is 2. The largest absolute Gasteiger partial charge is 0.481 e. The van der Waals surface area contributed by atoms with Gasteiger partial charge in [0, 0.05) is 22.7 Å². The number of halogens is 1. The van der Waals surface area contributed by atoms with Crippen molar-refractivity contribution in [2.24, 2.45) is 0 Å². The van der Waals surface area contributed by atoms with Crippen LogP contribution < -0.4 is 4.74 Å². The molecule has 0 bridgehead atoms. The number of aromatic nitrogens is 3. The summed E-state index contributed by atoms with van der Waals surface area (Å²) in [5.74, 6) is 0.765. The highest BCUT2D eigenvalue weighted by Crippen LogP contribution is 2.30. The highest BCUT2D eigenvalue weighted by molar-refractivity contribution is 6.31. The molecule has 0 aliphatic carbocycles. The maximum absolute atomic E-state index is 12.8. The minimum absolute atomic E-state index is 0.359. The van der Waals surface area contributed by atoms with Crippen molar-refractivity contribution in [1.82, 2.24) is 14.5 Å². The van der Waals surface area contributed by atoms with E-state index < -0.39 is 11.7 Å². The van der Waals surface area contributed by atoms with Gasteiger partial charge in [-0.15, -0.1) is 0 Å². The first-order valence-electron chi connectivity index (χ1n) is 7.70. The van der Waals surface area contributed by atoms with E-state index in [1.54, 1.807) is 36.5 Å². The molecule has 0 saturated heterocycles. The highest BCUT2D eigenvalue weighted by atomic mass is 35.5. The number of carbonyl (C=O) groups is 1. The van der Waals surface area contributed by atoms with Crippen LogP contribution in [0.5, 0.6) is 5.88 Å². The Morgan fingerprint density at radius 2 is 1.96 bits per heavy atom. The summed E-state index contributed by atoms with van der Waals surface area (Å²) < 4.78 is 12.1. The molecule has 0 amide bonds. The molecule has 0 unspecified atom stereocenters. The molecule has 25 heavy (non-hydrogen) atoms. The molecule has 0 spiro atoms. The van der Waals surface area contributed by atoms with Gasteiger partial charge in [-0.1, -0.05) is 11.6 Å². The van der Waals surface area contributed by atoms with Crippen molar-refractivity contribution < 1.29 is 14.3 Å². The van der Waals surface area contributed by atoms with Gasteiger partial charge in [0.05, 0.1) is 18.3 Å². The summed E-state index contributed by atoms with van der Waals surface area (Å²) in [5, 5.41) is 1.37. The van der Waals surface area contributed by atoms with Crippen LogP contribution >= 0.6 is 11.6 Å². The molecule has 0 aliphatic rings. The molecule has 0 atom stereocenters. The van der Waals surface area contributed by atoms with E-state index >= 15 is 0 Å². The van der Waals surface area contributed by atoms with Gasteiger partial charge in [0.25, 0.3) is 0 Å². The Labute approximate surface area is 150 Å². The second kappa shape index (κ2) is 6.37. The normalized spacial score (nSPS) is 11.6. The van der Waals surface area contributed by atoms with Crippen molar-refractivity contribution in [3.63, 3.8) is 0 Å². The lowest BCUT2D eigenvalue weighted by atomic mass is 10.2. The molecule has 3 aromatic rings. The van der Waals surface area contributed by atoms with Crippen molar-refractivity contribution in [2.45, 2.75) is 26.4 Å². The summed E-state index contributed by atoms with van der Waals surface area (Å²) in [6, 6.07) is 8.72. The third kappa shape index (κ3) is 3.58. The predicted octanol–water partition coefficient (Wildman–Crippen LogP) is 4.54. The zero-order valence-corrected chi connectivity index (χ0v) is 15.2. The molecule has 6 nitrogen and oxygen atoms in total. The van der Waals surface area contributed by atoms with Crippen LogP contribution in [0.3, 0.4) is 0 Å². The lowest BCUT2D eigenvalue weighted by molar-refractivity contribution is 0.0547. The van der Waals surface area contributed by atoms with Gasteiger partial charge < -0.3 is 9.47 Å². The molecule has 2 heterocycles. The summed E-state index contributed by atoms with van der Waals surface area (Å²) in [7, 11) is 1.52. The Hall–Kier alpha value is -2.60. The molecule has 0 radical (unpaired) electrons. The van der Waals surface area contributed by atoms with Gasteiger partial charge in [0.2, 0.25) is 5.88 Å². The summed E-state index contributed by atoms with van der Waals surface area (Å²) in [5.41, 5.74) is 0.539. The number of fused-ring (bicyclic) bond motifs is 1. The van der Waals surface area contributed by atoms with Gasteiger partial charge in [-0.05, 0) is 45.0 Å². The molecular weight excluding hydrogens is 342 g/mol.